The van der Waals surface area contributed by atoms with Crippen molar-refractivity contribution in [2.75, 3.05) is 26.6 Å². The molecule has 1 aliphatic rings. The van der Waals surface area contributed by atoms with E-state index in [1.54, 1.807) is 24.9 Å². The number of nitrogens with one attached hydrogen (secondary N) is 1. The molecule has 1 N–H and O–H groups in total. The minimum absolute atomic E-state index is 0.151. The average Bonchev–Trinajstić information content (AvgIpc) is 3.24. The summed E-state index contributed by atoms with van der Waals surface area (Å²) in [6, 6.07) is 1.89. The summed E-state index contributed by atoms with van der Waals surface area (Å²) in [7, 11) is 1.67. The van der Waals surface area contributed by atoms with Gasteiger partial charge in [-0.3, -0.25) is 9.78 Å². The zero-order chi connectivity index (χ0) is 19.1. The highest BCUT2D eigenvalue weighted by Crippen LogP contribution is 2.24. The molecule has 2 aromatic rings. The summed E-state index contributed by atoms with van der Waals surface area (Å²) in [4.78, 5) is 26.6. The smallest absolute Gasteiger partial charge is 0.270 e. The van der Waals surface area contributed by atoms with E-state index >= 15 is 0 Å². The number of hydrogen-bond donors (Lipinski definition) is 1. The van der Waals surface area contributed by atoms with Gasteiger partial charge in [0.05, 0.1) is 29.7 Å². The third kappa shape index (κ3) is 5.71. The van der Waals surface area contributed by atoms with E-state index in [2.05, 4.69) is 20.3 Å². The Morgan fingerprint density at radius 1 is 1.30 bits per heavy atom. The van der Waals surface area contributed by atoms with E-state index < -0.39 is 0 Å². The summed E-state index contributed by atoms with van der Waals surface area (Å²) in [5.74, 6) is 0.395. The Kier molecular flexibility index (Phi) is 7.57. The fourth-order valence-electron chi connectivity index (χ4n) is 3.01. The van der Waals surface area contributed by atoms with E-state index in [1.165, 1.54) is 23.1 Å². The van der Waals surface area contributed by atoms with E-state index in [0.29, 0.717) is 24.7 Å². The summed E-state index contributed by atoms with van der Waals surface area (Å²) in [6.45, 7) is 1.24. The van der Waals surface area contributed by atoms with Crippen LogP contribution in [0, 0.1) is 0 Å². The molecule has 0 radical (unpaired) electrons. The molecule has 1 fully saturated rings. The fraction of sp³-hybridized carbons (Fsp3) is 0.556. The molecular formula is C18H24N4O3S2. The van der Waals surface area contributed by atoms with Gasteiger partial charge >= 0.3 is 0 Å². The zero-order valence-electron chi connectivity index (χ0n) is 15.5. The first-order chi connectivity index (χ1) is 13.2. The lowest BCUT2D eigenvalue weighted by Crippen LogP contribution is -2.39. The Bertz CT molecular complexity index is 734. The molecule has 1 saturated carbocycles. The Balaban J connectivity index is 1.59. The molecule has 2 heterocycles. The normalized spacial score (nSPS) is 19.8. The standard InChI is InChI=1S/C18H24N4O3S2/c1-24-7-8-25-13-5-3-12(4-6-13)20-18(23)14-9-16(26-2)22-17(21-14)15-10-19-11-27-15/h9-13H,3-8H2,1-2H3,(H,20,23)/t12-,13-. The van der Waals surface area contributed by atoms with E-state index in [0.717, 1.165) is 35.6 Å². The van der Waals surface area contributed by atoms with Gasteiger partial charge in [-0.05, 0) is 31.9 Å². The van der Waals surface area contributed by atoms with Gasteiger partial charge in [-0.1, -0.05) is 0 Å². The van der Waals surface area contributed by atoms with Gasteiger partial charge < -0.3 is 14.8 Å². The maximum Gasteiger partial charge on any atom is 0.270 e. The van der Waals surface area contributed by atoms with Crippen LogP contribution in [-0.2, 0) is 9.47 Å². The van der Waals surface area contributed by atoms with Gasteiger partial charge in [0.2, 0.25) is 0 Å². The van der Waals surface area contributed by atoms with Crippen molar-refractivity contribution in [3.8, 4) is 10.7 Å². The highest BCUT2D eigenvalue weighted by molar-refractivity contribution is 7.98. The van der Waals surface area contributed by atoms with Crippen LogP contribution >= 0.6 is 23.1 Å². The molecule has 0 spiro atoms. The number of carbonyl (C=O) groups excluding carboxylic acids is 1. The number of rotatable bonds is 8. The summed E-state index contributed by atoms with van der Waals surface area (Å²) in [5, 5.41) is 3.89. The Hall–Kier alpha value is -1.55. The van der Waals surface area contributed by atoms with Gasteiger partial charge in [-0.25, -0.2) is 9.97 Å². The lowest BCUT2D eigenvalue weighted by molar-refractivity contribution is -0.00409. The molecule has 3 rings (SSSR count). The summed E-state index contributed by atoms with van der Waals surface area (Å²) < 4.78 is 10.8. The lowest BCUT2D eigenvalue weighted by atomic mass is 9.93. The number of aromatic nitrogens is 3. The molecule has 1 aliphatic carbocycles. The van der Waals surface area contributed by atoms with Crippen LogP contribution in [0.5, 0.6) is 0 Å². The van der Waals surface area contributed by atoms with Crippen LogP contribution in [0.4, 0.5) is 0 Å². The van der Waals surface area contributed by atoms with Crippen LogP contribution in [0.25, 0.3) is 10.7 Å². The van der Waals surface area contributed by atoms with E-state index in [9.17, 15) is 4.79 Å². The second-order valence-electron chi connectivity index (χ2n) is 6.30. The van der Waals surface area contributed by atoms with Crippen molar-refractivity contribution >= 4 is 29.0 Å². The summed E-state index contributed by atoms with van der Waals surface area (Å²) in [6.07, 6.45) is 7.62. The first-order valence-corrected chi connectivity index (χ1v) is 11.0. The molecule has 9 heteroatoms. The van der Waals surface area contributed by atoms with E-state index in [-0.39, 0.29) is 18.1 Å². The van der Waals surface area contributed by atoms with Gasteiger partial charge in [0.15, 0.2) is 5.82 Å². The Morgan fingerprint density at radius 2 is 2.11 bits per heavy atom. The predicted octanol–water partition coefficient (Wildman–Crippen LogP) is 3.03. The van der Waals surface area contributed by atoms with Gasteiger partial charge in [0.25, 0.3) is 5.91 Å². The van der Waals surface area contributed by atoms with Crippen molar-refractivity contribution in [1.29, 1.82) is 0 Å². The van der Waals surface area contributed by atoms with Crippen molar-refractivity contribution < 1.29 is 14.3 Å². The molecule has 0 bridgehead atoms. The van der Waals surface area contributed by atoms with Crippen LogP contribution in [0.2, 0.25) is 0 Å². The van der Waals surface area contributed by atoms with Crippen LogP contribution in [0.15, 0.2) is 22.8 Å². The second kappa shape index (κ2) is 10.1. The number of thiazole rings is 1. The predicted molar refractivity (Wildman–Crippen MR) is 106 cm³/mol. The molecule has 7 nitrogen and oxygen atoms in total. The molecular weight excluding hydrogens is 384 g/mol. The fourth-order valence-corrected chi connectivity index (χ4v) is 3.97. The van der Waals surface area contributed by atoms with Gasteiger partial charge in [-0.15, -0.1) is 23.1 Å². The SMILES string of the molecule is COCCO[C@H]1CC[C@H](NC(=O)c2cc(SC)nc(-c3cncs3)n2)CC1. The Morgan fingerprint density at radius 3 is 2.78 bits per heavy atom. The number of carbonyl (C=O) groups is 1. The molecule has 0 atom stereocenters. The van der Waals surface area contributed by atoms with E-state index in [4.69, 9.17) is 9.47 Å². The molecule has 0 unspecified atom stereocenters. The average molecular weight is 409 g/mol. The zero-order valence-corrected chi connectivity index (χ0v) is 17.1. The van der Waals surface area contributed by atoms with Crippen molar-refractivity contribution in [2.24, 2.45) is 0 Å². The molecule has 0 saturated heterocycles. The van der Waals surface area contributed by atoms with Gasteiger partial charge in [0, 0.05) is 25.4 Å². The highest BCUT2D eigenvalue weighted by Gasteiger charge is 2.24. The number of hydrogen-bond acceptors (Lipinski definition) is 8. The minimum Gasteiger partial charge on any atom is -0.382 e. The Labute approximate surface area is 167 Å². The minimum atomic E-state index is -0.151. The van der Waals surface area contributed by atoms with Crippen molar-refractivity contribution in [2.45, 2.75) is 42.9 Å². The molecule has 0 aromatic carbocycles. The van der Waals surface area contributed by atoms with Crippen molar-refractivity contribution in [1.82, 2.24) is 20.3 Å². The van der Waals surface area contributed by atoms with Crippen LogP contribution in [0.3, 0.4) is 0 Å². The van der Waals surface area contributed by atoms with E-state index in [1.807, 2.05) is 6.26 Å². The first-order valence-electron chi connectivity index (χ1n) is 8.93. The van der Waals surface area contributed by atoms with Gasteiger partial charge in [-0.2, -0.15) is 0 Å². The molecule has 27 heavy (non-hydrogen) atoms. The number of methoxy groups -OCH3 is 1. The summed E-state index contributed by atoms with van der Waals surface area (Å²) >= 11 is 2.95. The highest BCUT2D eigenvalue weighted by atomic mass is 32.2. The second-order valence-corrected chi connectivity index (χ2v) is 8.01. The monoisotopic (exact) mass is 408 g/mol. The van der Waals surface area contributed by atoms with Crippen molar-refractivity contribution in [3.05, 3.63) is 23.5 Å². The lowest BCUT2D eigenvalue weighted by Gasteiger charge is -2.29. The number of amides is 1. The maximum absolute atomic E-state index is 12.7. The summed E-state index contributed by atoms with van der Waals surface area (Å²) in [5.41, 5.74) is 2.13. The molecule has 2 aromatic heterocycles. The third-order valence-corrected chi connectivity index (χ3v) is 5.84. The van der Waals surface area contributed by atoms with Crippen molar-refractivity contribution in [3.63, 3.8) is 0 Å². The molecule has 1 amide bonds. The largest absolute Gasteiger partial charge is 0.382 e. The number of nitrogens with zero attached hydrogens (tertiary/aromatic N) is 3. The number of ether oxygens (including phenoxy) is 2. The quantitative estimate of drug-likeness (QED) is 0.408. The molecule has 0 aliphatic heterocycles. The topological polar surface area (TPSA) is 86.2 Å². The maximum atomic E-state index is 12.7. The number of thioether (sulfide) groups is 1. The first kappa shape index (κ1) is 20.2. The third-order valence-electron chi connectivity index (χ3n) is 4.45. The van der Waals surface area contributed by atoms with Crippen LogP contribution in [-0.4, -0.2) is 59.6 Å². The van der Waals surface area contributed by atoms with Crippen LogP contribution in [0.1, 0.15) is 36.2 Å². The van der Waals surface area contributed by atoms with Crippen LogP contribution < -0.4 is 5.32 Å². The van der Waals surface area contributed by atoms with Gasteiger partial charge in [0.1, 0.15) is 10.7 Å². The molecule has 146 valence electrons.